The van der Waals surface area contributed by atoms with Gasteiger partial charge in [-0.2, -0.15) is 0 Å². The van der Waals surface area contributed by atoms with Crippen molar-refractivity contribution in [3.63, 3.8) is 0 Å². The monoisotopic (exact) mass is 224 g/mol. The molecule has 0 spiro atoms. The van der Waals surface area contributed by atoms with Crippen molar-refractivity contribution in [2.45, 2.75) is 52.6 Å². The molecule has 1 aliphatic carbocycles. The highest BCUT2D eigenvalue weighted by atomic mass is 15.2. The van der Waals surface area contributed by atoms with Gasteiger partial charge < -0.3 is 5.32 Å². The maximum Gasteiger partial charge on any atom is 0.0136 e. The van der Waals surface area contributed by atoms with Crippen LogP contribution in [0.1, 0.15) is 40.5 Å². The second-order valence-corrected chi connectivity index (χ2v) is 6.38. The van der Waals surface area contributed by atoms with Gasteiger partial charge in [0.25, 0.3) is 0 Å². The van der Waals surface area contributed by atoms with Gasteiger partial charge in [-0.1, -0.05) is 27.7 Å². The van der Waals surface area contributed by atoms with Crippen LogP contribution in [0.5, 0.6) is 0 Å². The Morgan fingerprint density at radius 3 is 2.19 bits per heavy atom. The molecule has 4 unspecified atom stereocenters. The first-order valence-corrected chi connectivity index (χ1v) is 7.05. The zero-order chi connectivity index (χ0) is 11.7. The third kappa shape index (κ3) is 2.60. The van der Waals surface area contributed by atoms with Crippen LogP contribution in [0.2, 0.25) is 0 Å². The van der Waals surface area contributed by atoms with Gasteiger partial charge in [-0.25, -0.2) is 0 Å². The van der Waals surface area contributed by atoms with Crippen molar-refractivity contribution in [3.05, 3.63) is 0 Å². The molecule has 1 heterocycles. The summed E-state index contributed by atoms with van der Waals surface area (Å²) in [6.45, 7) is 13.2. The first-order valence-electron chi connectivity index (χ1n) is 7.05. The third-order valence-corrected chi connectivity index (χ3v) is 4.65. The molecule has 2 fully saturated rings. The minimum absolute atomic E-state index is 0.637. The summed E-state index contributed by atoms with van der Waals surface area (Å²) in [5, 5.41) is 3.60. The first kappa shape index (κ1) is 12.4. The third-order valence-electron chi connectivity index (χ3n) is 4.65. The minimum Gasteiger partial charge on any atom is -0.314 e. The SMILES string of the molecule is CC(C)NCC1CCC1N1CC(C)C(C)C1. The van der Waals surface area contributed by atoms with Gasteiger partial charge in [0.2, 0.25) is 0 Å². The van der Waals surface area contributed by atoms with Crippen molar-refractivity contribution >= 4 is 0 Å². The minimum atomic E-state index is 0.637. The first-order chi connectivity index (χ1) is 7.58. The summed E-state index contributed by atoms with van der Waals surface area (Å²) in [7, 11) is 0. The lowest BCUT2D eigenvalue weighted by molar-refractivity contribution is 0.0766. The van der Waals surface area contributed by atoms with E-state index in [0.717, 1.165) is 23.8 Å². The van der Waals surface area contributed by atoms with E-state index in [2.05, 4.69) is 37.9 Å². The van der Waals surface area contributed by atoms with Crippen molar-refractivity contribution in [3.8, 4) is 0 Å². The number of likely N-dealkylation sites (tertiary alicyclic amines) is 1. The van der Waals surface area contributed by atoms with Crippen molar-refractivity contribution in [1.82, 2.24) is 10.2 Å². The molecule has 94 valence electrons. The summed E-state index contributed by atoms with van der Waals surface area (Å²) < 4.78 is 0. The fourth-order valence-corrected chi connectivity index (χ4v) is 3.10. The zero-order valence-corrected chi connectivity index (χ0v) is 11.4. The van der Waals surface area contributed by atoms with Gasteiger partial charge in [0.05, 0.1) is 0 Å². The molecule has 0 bridgehead atoms. The summed E-state index contributed by atoms with van der Waals surface area (Å²) in [5.41, 5.74) is 0. The highest BCUT2D eigenvalue weighted by Gasteiger charge is 2.39. The molecule has 2 nitrogen and oxygen atoms in total. The molecular weight excluding hydrogens is 196 g/mol. The van der Waals surface area contributed by atoms with Crippen LogP contribution in [0.25, 0.3) is 0 Å². The molecule has 4 atom stereocenters. The number of nitrogens with one attached hydrogen (secondary N) is 1. The molecule has 0 aromatic carbocycles. The van der Waals surface area contributed by atoms with E-state index in [4.69, 9.17) is 0 Å². The topological polar surface area (TPSA) is 15.3 Å². The van der Waals surface area contributed by atoms with Crippen molar-refractivity contribution in [1.29, 1.82) is 0 Å². The van der Waals surface area contributed by atoms with Crippen LogP contribution in [0.3, 0.4) is 0 Å². The lowest BCUT2D eigenvalue weighted by Crippen LogP contribution is -2.50. The Morgan fingerprint density at radius 1 is 1.12 bits per heavy atom. The van der Waals surface area contributed by atoms with Gasteiger partial charge in [-0.3, -0.25) is 4.90 Å². The van der Waals surface area contributed by atoms with E-state index in [1.807, 2.05) is 0 Å². The average Bonchev–Trinajstić information content (AvgIpc) is 2.44. The molecule has 1 N–H and O–H groups in total. The van der Waals surface area contributed by atoms with E-state index in [1.165, 1.54) is 32.5 Å². The van der Waals surface area contributed by atoms with Crippen LogP contribution in [-0.4, -0.2) is 36.6 Å². The Bertz CT molecular complexity index is 217. The molecule has 0 aromatic heterocycles. The molecular formula is C14H28N2. The standard InChI is InChI=1S/C14H28N2/c1-10(2)15-7-13-5-6-14(13)16-8-11(3)12(4)9-16/h10-15H,5-9H2,1-4H3. The fourth-order valence-electron chi connectivity index (χ4n) is 3.10. The fraction of sp³-hybridized carbons (Fsp3) is 1.00. The average molecular weight is 224 g/mol. The molecule has 2 heteroatoms. The molecule has 2 rings (SSSR count). The number of hydrogen-bond donors (Lipinski definition) is 1. The number of rotatable bonds is 4. The van der Waals surface area contributed by atoms with Crippen LogP contribution in [0.15, 0.2) is 0 Å². The van der Waals surface area contributed by atoms with E-state index in [-0.39, 0.29) is 0 Å². The van der Waals surface area contributed by atoms with Crippen LogP contribution in [0, 0.1) is 17.8 Å². The zero-order valence-electron chi connectivity index (χ0n) is 11.4. The van der Waals surface area contributed by atoms with Gasteiger partial charge in [0.1, 0.15) is 0 Å². The maximum atomic E-state index is 3.60. The van der Waals surface area contributed by atoms with Crippen LogP contribution in [-0.2, 0) is 0 Å². The van der Waals surface area contributed by atoms with Gasteiger partial charge >= 0.3 is 0 Å². The maximum absolute atomic E-state index is 3.60. The summed E-state index contributed by atoms with van der Waals surface area (Å²) in [4.78, 5) is 2.76. The van der Waals surface area contributed by atoms with Crippen LogP contribution >= 0.6 is 0 Å². The smallest absolute Gasteiger partial charge is 0.0136 e. The van der Waals surface area contributed by atoms with E-state index in [1.54, 1.807) is 0 Å². The predicted molar refractivity (Wildman–Crippen MR) is 69.6 cm³/mol. The van der Waals surface area contributed by atoms with Gasteiger partial charge in [0.15, 0.2) is 0 Å². The Balaban J connectivity index is 1.78. The Hall–Kier alpha value is -0.0800. The summed E-state index contributed by atoms with van der Waals surface area (Å²) >= 11 is 0. The van der Waals surface area contributed by atoms with Crippen LogP contribution < -0.4 is 5.32 Å². The largest absolute Gasteiger partial charge is 0.314 e. The lowest BCUT2D eigenvalue weighted by atomic mass is 9.78. The lowest BCUT2D eigenvalue weighted by Gasteiger charge is -2.43. The van der Waals surface area contributed by atoms with Gasteiger partial charge in [-0.05, 0) is 37.1 Å². The van der Waals surface area contributed by atoms with Crippen LogP contribution in [0.4, 0.5) is 0 Å². The second-order valence-electron chi connectivity index (χ2n) is 6.38. The molecule has 16 heavy (non-hydrogen) atoms. The van der Waals surface area contributed by atoms with Crippen molar-refractivity contribution in [2.75, 3.05) is 19.6 Å². The number of nitrogens with zero attached hydrogens (tertiary/aromatic N) is 1. The summed E-state index contributed by atoms with van der Waals surface area (Å²) in [6.07, 6.45) is 2.87. The Labute approximate surface area is 101 Å². The summed E-state index contributed by atoms with van der Waals surface area (Å²) in [5.74, 6) is 2.72. The van der Waals surface area contributed by atoms with Gasteiger partial charge in [-0.15, -0.1) is 0 Å². The Morgan fingerprint density at radius 2 is 1.75 bits per heavy atom. The predicted octanol–water partition coefficient (Wildman–Crippen LogP) is 2.35. The van der Waals surface area contributed by atoms with Crippen molar-refractivity contribution < 1.29 is 0 Å². The molecule has 1 aliphatic heterocycles. The van der Waals surface area contributed by atoms with E-state index < -0.39 is 0 Å². The van der Waals surface area contributed by atoms with E-state index in [0.29, 0.717) is 6.04 Å². The Kier molecular flexibility index (Phi) is 3.91. The second kappa shape index (κ2) is 5.05. The summed E-state index contributed by atoms with van der Waals surface area (Å²) in [6, 6.07) is 1.52. The molecule has 0 aromatic rings. The van der Waals surface area contributed by atoms with Crippen molar-refractivity contribution in [2.24, 2.45) is 17.8 Å². The van der Waals surface area contributed by atoms with Gasteiger partial charge in [0, 0.05) is 25.2 Å². The molecule has 1 saturated heterocycles. The highest BCUT2D eigenvalue weighted by molar-refractivity contribution is 4.94. The quantitative estimate of drug-likeness (QED) is 0.788. The van der Waals surface area contributed by atoms with E-state index >= 15 is 0 Å². The normalized spacial score (nSPS) is 40.3. The number of hydrogen-bond acceptors (Lipinski definition) is 2. The molecule has 0 radical (unpaired) electrons. The molecule has 2 aliphatic rings. The molecule has 1 saturated carbocycles. The highest BCUT2D eigenvalue weighted by Crippen LogP contribution is 2.36. The molecule has 0 amide bonds. The van der Waals surface area contributed by atoms with E-state index in [9.17, 15) is 0 Å².